The van der Waals surface area contributed by atoms with Gasteiger partial charge in [-0.1, -0.05) is 0 Å². The van der Waals surface area contributed by atoms with Crippen LogP contribution in [0.5, 0.6) is 11.5 Å². The summed E-state index contributed by atoms with van der Waals surface area (Å²) in [5.41, 5.74) is 6.06. The van der Waals surface area contributed by atoms with Gasteiger partial charge in [0, 0.05) is 17.1 Å². The molecule has 0 aliphatic heterocycles. The predicted molar refractivity (Wildman–Crippen MR) is 130 cm³/mol. The molecular formula is C25H30F3N5O2. The van der Waals surface area contributed by atoms with E-state index < -0.39 is 17.8 Å². The first-order valence-electron chi connectivity index (χ1n) is 11.3. The van der Waals surface area contributed by atoms with Crippen molar-refractivity contribution in [3.05, 3.63) is 47.3 Å². The summed E-state index contributed by atoms with van der Waals surface area (Å²) in [7, 11) is 5.64. The smallest absolute Gasteiger partial charge is 0.416 e. The third-order valence-corrected chi connectivity index (χ3v) is 6.52. The number of halogens is 3. The zero-order chi connectivity index (χ0) is 25.5. The summed E-state index contributed by atoms with van der Waals surface area (Å²) < 4.78 is 51.6. The maximum atomic E-state index is 13.3. The Morgan fingerprint density at radius 3 is 2.43 bits per heavy atom. The second-order valence-corrected chi connectivity index (χ2v) is 9.30. The highest BCUT2D eigenvalue weighted by molar-refractivity contribution is 5.92. The molecule has 1 saturated carbocycles. The van der Waals surface area contributed by atoms with Crippen molar-refractivity contribution in [3.8, 4) is 11.5 Å². The van der Waals surface area contributed by atoms with Crippen LogP contribution in [0.4, 0.5) is 24.7 Å². The van der Waals surface area contributed by atoms with E-state index in [1.165, 1.54) is 6.07 Å². The van der Waals surface area contributed by atoms with Gasteiger partial charge in [0.2, 0.25) is 0 Å². The Kier molecular flexibility index (Phi) is 6.44. The standard InChI is InChI=1S/C25H30F3N5O2/c1-14(16-8-17(25(26,27)28)10-18(29)9-16)30-23-19-11-22(35-13-24(6-7-24)33(3)4)21(34-5)12-20(19)31-15(2)32-23/h8-12,14H,6-7,13,29H2,1-5H3,(H,30,31,32)/t14-/m1/s1. The number of nitrogen functional groups attached to an aromatic ring is 1. The van der Waals surface area contributed by atoms with Crippen molar-refractivity contribution in [1.29, 1.82) is 0 Å². The SMILES string of the molecule is COc1cc2nc(C)nc(N[C@H](C)c3cc(N)cc(C(F)(F)F)c3)c2cc1OCC1(N(C)C)CC1. The number of ether oxygens (including phenoxy) is 2. The number of likely N-dealkylation sites (N-methyl/N-ethyl adjacent to an activating group) is 1. The average molecular weight is 490 g/mol. The van der Waals surface area contributed by atoms with Crippen molar-refractivity contribution >= 4 is 22.4 Å². The van der Waals surface area contributed by atoms with Crippen LogP contribution in [0.15, 0.2) is 30.3 Å². The summed E-state index contributed by atoms with van der Waals surface area (Å²) in [5, 5.41) is 3.91. The third-order valence-electron chi connectivity index (χ3n) is 6.52. The van der Waals surface area contributed by atoms with E-state index in [-0.39, 0.29) is 11.2 Å². The lowest BCUT2D eigenvalue weighted by molar-refractivity contribution is -0.137. The molecule has 0 unspecified atom stereocenters. The Balaban J connectivity index is 1.69. The number of nitrogens with one attached hydrogen (secondary N) is 1. The summed E-state index contributed by atoms with van der Waals surface area (Å²) in [6.45, 7) is 4.02. The Hall–Kier alpha value is -3.27. The van der Waals surface area contributed by atoms with Crippen LogP contribution in [-0.4, -0.2) is 48.2 Å². The molecule has 1 atom stereocenters. The maximum absolute atomic E-state index is 13.3. The number of benzene rings is 2. The number of aryl methyl sites for hydroxylation is 1. The van der Waals surface area contributed by atoms with Gasteiger partial charge in [-0.3, -0.25) is 0 Å². The summed E-state index contributed by atoms with van der Waals surface area (Å²) in [6, 6.07) is 6.64. The van der Waals surface area contributed by atoms with E-state index in [4.69, 9.17) is 15.2 Å². The molecule has 35 heavy (non-hydrogen) atoms. The van der Waals surface area contributed by atoms with Gasteiger partial charge in [0.05, 0.1) is 29.8 Å². The van der Waals surface area contributed by atoms with Crippen molar-refractivity contribution in [2.75, 3.05) is 38.9 Å². The highest BCUT2D eigenvalue weighted by atomic mass is 19.4. The molecule has 3 N–H and O–H groups in total. The zero-order valence-electron chi connectivity index (χ0n) is 20.5. The number of nitrogens with two attached hydrogens (primary N) is 1. The van der Waals surface area contributed by atoms with Gasteiger partial charge in [0.1, 0.15) is 18.2 Å². The number of nitrogens with zero attached hydrogens (tertiary/aromatic N) is 3. The molecule has 2 aromatic carbocycles. The first-order chi connectivity index (χ1) is 16.4. The topological polar surface area (TPSA) is 85.5 Å². The van der Waals surface area contributed by atoms with E-state index in [0.29, 0.717) is 46.2 Å². The number of anilines is 2. The van der Waals surface area contributed by atoms with Gasteiger partial charge in [0.25, 0.3) is 0 Å². The van der Waals surface area contributed by atoms with Gasteiger partial charge in [0.15, 0.2) is 11.5 Å². The van der Waals surface area contributed by atoms with Crippen molar-refractivity contribution in [2.45, 2.75) is 44.4 Å². The number of hydrogen-bond donors (Lipinski definition) is 2. The van der Waals surface area contributed by atoms with Crippen LogP contribution in [0.3, 0.4) is 0 Å². The van der Waals surface area contributed by atoms with Gasteiger partial charge in [-0.15, -0.1) is 0 Å². The normalized spacial score (nSPS) is 15.8. The Labute approximate surface area is 202 Å². The monoisotopic (exact) mass is 489 g/mol. The molecule has 1 aliphatic carbocycles. The number of alkyl halides is 3. The molecule has 3 aromatic rings. The summed E-state index contributed by atoms with van der Waals surface area (Å²) >= 11 is 0. The average Bonchev–Trinajstić information content (AvgIpc) is 3.57. The largest absolute Gasteiger partial charge is 0.493 e. The van der Waals surface area contributed by atoms with Crippen molar-refractivity contribution < 1.29 is 22.6 Å². The van der Waals surface area contributed by atoms with E-state index >= 15 is 0 Å². The third kappa shape index (κ3) is 5.22. The van der Waals surface area contributed by atoms with Crippen LogP contribution in [0.25, 0.3) is 10.9 Å². The Morgan fingerprint density at radius 2 is 1.83 bits per heavy atom. The molecule has 0 saturated heterocycles. The maximum Gasteiger partial charge on any atom is 0.416 e. The molecule has 10 heteroatoms. The second kappa shape index (κ2) is 9.07. The van der Waals surface area contributed by atoms with E-state index in [2.05, 4.69) is 20.2 Å². The summed E-state index contributed by atoms with van der Waals surface area (Å²) in [4.78, 5) is 11.2. The molecule has 4 rings (SSSR count). The summed E-state index contributed by atoms with van der Waals surface area (Å²) in [6.07, 6.45) is -2.37. The van der Waals surface area contributed by atoms with Crippen LogP contribution in [0.2, 0.25) is 0 Å². The van der Waals surface area contributed by atoms with Crippen LogP contribution < -0.4 is 20.5 Å². The van der Waals surface area contributed by atoms with E-state index in [1.54, 1.807) is 27.0 Å². The van der Waals surface area contributed by atoms with E-state index in [1.807, 2.05) is 20.2 Å². The van der Waals surface area contributed by atoms with Crippen LogP contribution in [0.1, 0.15) is 42.8 Å². The van der Waals surface area contributed by atoms with Crippen LogP contribution >= 0.6 is 0 Å². The van der Waals surface area contributed by atoms with Gasteiger partial charge < -0.3 is 25.4 Å². The molecule has 0 radical (unpaired) electrons. The molecule has 7 nitrogen and oxygen atoms in total. The molecule has 1 heterocycles. The lowest BCUT2D eigenvalue weighted by Gasteiger charge is -2.24. The lowest BCUT2D eigenvalue weighted by atomic mass is 10.0. The highest BCUT2D eigenvalue weighted by Crippen LogP contribution is 2.42. The van der Waals surface area contributed by atoms with Gasteiger partial charge in [-0.25, -0.2) is 9.97 Å². The molecule has 0 amide bonds. The quantitative estimate of drug-likeness (QED) is 0.421. The number of fused-ring (bicyclic) bond motifs is 1. The molecular weight excluding hydrogens is 459 g/mol. The molecule has 1 aromatic heterocycles. The van der Waals surface area contributed by atoms with Gasteiger partial charge in [-0.05, 0) is 70.6 Å². The molecule has 0 bridgehead atoms. The van der Waals surface area contributed by atoms with Crippen LogP contribution in [-0.2, 0) is 6.18 Å². The number of hydrogen-bond acceptors (Lipinski definition) is 7. The van der Waals surface area contributed by atoms with Gasteiger partial charge >= 0.3 is 6.18 Å². The molecule has 1 aliphatic rings. The first kappa shape index (κ1) is 24.8. The molecule has 0 spiro atoms. The first-order valence-corrected chi connectivity index (χ1v) is 11.3. The number of rotatable bonds is 8. The fourth-order valence-electron chi connectivity index (χ4n) is 4.09. The lowest BCUT2D eigenvalue weighted by Crippen LogP contribution is -2.35. The van der Waals surface area contributed by atoms with Gasteiger partial charge in [-0.2, -0.15) is 13.2 Å². The molecule has 1 fully saturated rings. The fourth-order valence-corrected chi connectivity index (χ4v) is 4.09. The van der Waals surface area contributed by atoms with Crippen molar-refractivity contribution in [3.63, 3.8) is 0 Å². The minimum atomic E-state index is -4.49. The Morgan fingerprint density at radius 1 is 1.11 bits per heavy atom. The zero-order valence-corrected chi connectivity index (χ0v) is 20.5. The van der Waals surface area contributed by atoms with Crippen LogP contribution in [0, 0.1) is 6.92 Å². The minimum absolute atomic E-state index is 0.0166. The van der Waals surface area contributed by atoms with Crippen molar-refractivity contribution in [2.24, 2.45) is 0 Å². The predicted octanol–water partition coefficient (Wildman–Crippen LogP) is 5.19. The second-order valence-electron chi connectivity index (χ2n) is 9.30. The van der Waals surface area contributed by atoms with E-state index in [9.17, 15) is 13.2 Å². The number of methoxy groups -OCH3 is 1. The fraction of sp³-hybridized carbons (Fsp3) is 0.440. The highest BCUT2D eigenvalue weighted by Gasteiger charge is 2.45. The van der Waals surface area contributed by atoms with Crippen molar-refractivity contribution in [1.82, 2.24) is 14.9 Å². The van der Waals surface area contributed by atoms with E-state index in [0.717, 1.165) is 25.0 Å². The molecule has 188 valence electrons. The Bertz CT molecular complexity index is 1240. The minimum Gasteiger partial charge on any atom is -0.493 e. The summed E-state index contributed by atoms with van der Waals surface area (Å²) in [5.74, 6) is 2.10. The number of aromatic nitrogens is 2.